The Bertz CT molecular complexity index is 1210. The number of esters is 2. The molecule has 4 heterocycles. The standard InChI is InChI=1S/C11H10N2O2S.C6H6BrNO2S.C5H6BNO2/c1-2-15-11(14)9-7-13-10(16-9)8-3-5-12-6-4-8;1-2-10-5(9)4-3-8-6(7)11-4;8-6(9)5-1-3-7-4-2-5/h3-7H,2H2,1H3;3H,2H2,1H3;1-4,8-9H. The van der Waals surface area contributed by atoms with Crippen LogP contribution < -0.4 is 5.46 Å². The second-order valence-corrected chi connectivity index (χ2v) is 9.68. The number of ether oxygens (including phenoxy) is 2. The molecule has 0 spiro atoms. The maximum Gasteiger partial charge on any atom is 0.488 e. The minimum absolute atomic E-state index is 0.310. The molecule has 0 atom stereocenters. The van der Waals surface area contributed by atoms with Crippen molar-refractivity contribution in [3.63, 3.8) is 0 Å². The van der Waals surface area contributed by atoms with E-state index < -0.39 is 7.12 Å². The average Bonchev–Trinajstić information content (AvgIpc) is 3.56. The van der Waals surface area contributed by atoms with Crippen molar-refractivity contribution in [2.45, 2.75) is 13.8 Å². The molecule has 0 aliphatic heterocycles. The van der Waals surface area contributed by atoms with E-state index in [1.165, 1.54) is 41.3 Å². The molecule has 0 aliphatic carbocycles. The van der Waals surface area contributed by atoms with E-state index in [1.807, 2.05) is 12.1 Å². The number of thiazole rings is 2. The lowest BCUT2D eigenvalue weighted by Gasteiger charge is -1.96. The van der Waals surface area contributed by atoms with Gasteiger partial charge in [0.05, 0.1) is 25.6 Å². The van der Waals surface area contributed by atoms with Gasteiger partial charge < -0.3 is 19.5 Å². The van der Waals surface area contributed by atoms with Gasteiger partial charge in [-0.2, -0.15) is 0 Å². The summed E-state index contributed by atoms with van der Waals surface area (Å²) in [6.45, 7) is 4.33. The Morgan fingerprint density at radius 2 is 1.36 bits per heavy atom. The number of hydrogen-bond acceptors (Lipinski definition) is 12. The molecule has 188 valence electrons. The Kier molecular flexibility index (Phi) is 12.9. The van der Waals surface area contributed by atoms with E-state index in [-0.39, 0.29) is 11.9 Å². The van der Waals surface area contributed by atoms with E-state index in [4.69, 9.17) is 19.5 Å². The van der Waals surface area contributed by atoms with Crippen LogP contribution in [0.15, 0.2) is 65.4 Å². The third kappa shape index (κ3) is 9.91. The van der Waals surface area contributed by atoms with Crippen LogP contribution in [0.1, 0.15) is 33.2 Å². The minimum atomic E-state index is -1.38. The molecule has 4 aromatic rings. The van der Waals surface area contributed by atoms with E-state index in [2.05, 4.69) is 35.9 Å². The van der Waals surface area contributed by atoms with Crippen molar-refractivity contribution in [2.24, 2.45) is 0 Å². The molecule has 0 aliphatic rings. The molecule has 10 nitrogen and oxygen atoms in total. The Labute approximate surface area is 224 Å². The molecular weight excluding hydrogens is 571 g/mol. The summed E-state index contributed by atoms with van der Waals surface area (Å²) < 4.78 is 10.3. The molecule has 0 bridgehead atoms. The number of rotatable bonds is 6. The summed E-state index contributed by atoms with van der Waals surface area (Å²) >= 11 is 5.74. The predicted octanol–water partition coefficient (Wildman–Crippen LogP) is 3.23. The Balaban J connectivity index is 0.000000200. The van der Waals surface area contributed by atoms with Gasteiger partial charge in [0.2, 0.25) is 0 Å². The van der Waals surface area contributed by atoms with Gasteiger partial charge in [0.15, 0.2) is 3.92 Å². The Morgan fingerprint density at radius 3 is 1.81 bits per heavy atom. The van der Waals surface area contributed by atoms with Crippen LogP contribution in [0.5, 0.6) is 0 Å². The fourth-order valence-corrected chi connectivity index (χ4v) is 4.26. The first-order chi connectivity index (χ1) is 17.3. The fraction of sp³-hybridized carbons (Fsp3) is 0.182. The summed E-state index contributed by atoms with van der Waals surface area (Å²) in [5.41, 5.74) is 1.42. The smallest absolute Gasteiger partial charge is 0.462 e. The summed E-state index contributed by atoms with van der Waals surface area (Å²) in [6.07, 6.45) is 9.44. The zero-order valence-corrected chi connectivity index (χ0v) is 22.5. The highest BCUT2D eigenvalue weighted by Crippen LogP contribution is 2.24. The number of aromatic nitrogens is 4. The van der Waals surface area contributed by atoms with Crippen molar-refractivity contribution < 1.29 is 29.1 Å². The van der Waals surface area contributed by atoms with Gasteiger partial charge in [-0.1, -0.05) is 0 Å². The third-order valence-corrected chi connectivity index (χ3v) is 6.35. The number of halogens is 1. The molecule has 0 unspecified atom stereocenters. The molecule has 2 N–H and O–H groups in total. The number of nitrogens with zero attached hydrogens (tertiary/aromatic N) is 4. The summed E-state index contributed by atoms with van der Waals surface area (Å²) in [4.78, 5) is 39.1. The number of hydrogen-bond donors (Lipinski definition) is 2. The van der Waals surface area contributed by atoms with Crippen molar-refractivity contribution in [1.29, 1.82) is 0 Å². The van der Waals surface area contributed by atoms with Crippen LogP contribution in [-0.2, 0) is 9.47 Å². The molecular formula is C22H22BBrN4O6S2. The molecule has 0 aromatic carbocycles. The first-order valence-electron chi connectivity index (χ1n) is 10.4. The fourth-order valence-electron chi connectivity index (χ4n) is 2.28. The highest BCUT2D eigenvalue weighted by molar-refractivity contribution is 9.11. The van der Waals surface area contributed by atoms with Crippen LogP contribution in [0.2, 0.25) is 0 Å². The largest absolute Gasteiger partial charge is 0.488 e. The van der Waals surface area contributed by atoms with Gasteiger partial charge in [0, 0.05) is 30.4 Å². The van der Waals surface area contributed by atoms with Crippen molar-refractivity contribution in [2.75, 3.05) is 13.2 Å². The molecule has 0 saturated heterocycles. The number of carbonyl (C=O) groups excluding carboxylic acids is 2. The quantitative estimate of drug-likeness (QED) is 0.253. The van der Waals surface area contributed by atoms with Gasteiger partial charge in [-0.15, -0.1) is 22.7 Å². The number of pyridine rings is 2. The maximum atomic E-state index is 11.4. The molecule has 4 rings (SSSR count). The molecule has 4 aromatic heterocycles. The second kappa shape index (κ2) is 15.9. The summed E-state index contributed by atoms with van der Waals surface area (Å²) in [5, 5.41) is 17.9. The van der Waals surface area contributed by atoms with Crippen molar-refractivity contribution in [1.82, 2.24) is 19.9 Å². The third-order valence-electron chi connectivity index (χ3n) is 3.87. The zero-order chi connectivity index (χ0) is 26.3. The van der Waals surface area contributed by atoms with Crippen LogP contribution in [0, 0.1) is 0 Å². The number of carbonyl (C=O) groups is 2. The SMILES string of the molecule is CCOC(=O)c1cnc(-c2ccncc2)s1.CCOC(=O)c1cnc(Br)s1.OB(O)c1ccncc1. The van der Waals surface area contributed by atoms with Gasteiger partial charge in [0.25, 0.3) is 0 Å². The van der Waals surface area contributed by atoms with E-state index in [1.54, 1.807) is 44.6 Å². The molecule has 14 heteroatoms. The highest BCUT2D eigenvalue weighted by Gasteiger charge is 2.12. The molecule has 0 fully saturated rings. The molecule has 36 heavy (non-hydrogen) atoms. The zero-order valence-electron chi connectivity index (χ0n) is 19.3. The van der Waals surface area contributed by atoms with Crippen LogP contribution >= 0.6 is 38.6 Å². The van der Waals surface area contributed by atoms with Crippen LogP contribution in [-0.4, -0.2) is 62.3 Å². The Hall–Kier alpha value is -3.04. The lowest BCUT2D eigenvalue weighted by molar-refractivity contribution is 0.0522. The van der Waals surface area contributed by atoms with E-state index >= 15 is 0 Å². The lowest BCUT2D eigenvalue weighted by Crippen LogP contribution is -2.29. The van der Waals surface area contributed by atoms with E-state index in [0.29, 0.717) is 32.3 Å². The second-order valence-electron chi connectivity index (χ2n) is 6.34. The first-order valence-corrected chi connectivity index (χ1v) is 12.9. The normalized spacial score (nSPS) is 9.69. The average molecular weight is 593 g/mol. The van der Waals surface area contributed by atoms with Gasteiger partial charge in [-0.05, 0) is 59.5 Å². The van der Waals surface area contributed by atoms with E-state index in [0.717, 1.165) is 10.6 Å². The van der Waals surface area contributed by atoms with Crippen LogP contribution in [0.25, 0.3) is 10.6 Å². The Morgan fingerprint density at radius 1 is 0.861 bits per heavy atom. The lowest BCUT2D eigenvalue weighted by atomic mass is 9.81. The van der Waals surface area contributed by atoms with Crippen LogP contribution in [0.4, 0.5) is 0 Å². The van der Waals surface area contributed by atoms with Crippen molar-refractivity contribution in [3.8, 4) is 10.6 Å². The maximum absolute atomic E-state index is 11.4. The predicted molar refractivity (Wildman–Crippen MR) is 141 cm³/mol. The minimum Gasteiger partial charge on any atom is -0.462 e. The summed E-state index contributed by atoms with van der Waals surface area (Å²) in [7, 11) is -1.38. The monoisotopic (exact) mass is 592 g/mol. The van der Waals surface area contributed by atoms with Gasteiger partial charge in [-0.25, -0.2) is 19.6 Å². The molecule has 0 saturated carbocycles. The topological polar surface area (TPSA) is 145 Å². The van der Waals surface area contributed by atoms with Gasteiger partial charge in [0.1, 0.15) is 14.8 Å². The van der Waals surface area contributed by atoms with Crippen molar-refractivity contribution in [3.05, 3.63) is 75.1 Å². The highest BCUT2D eigenvalue weighted by atomic mass is 79.9. The summed E-state index contributed by atoms with van der Waals surface area (Å²) in [5.74, 6) is -0.629. The summed E-state index contributed by atoms with van der Waals surface area (Å²) in [6, 6.07) is 6.80. The molecule has 0 radical (unpaired) electrons. The first kappa shape index (κ1) is 29.2. The molecule has 0 amide bonds. The van der Waals surface area contributed by atoms with Crippen molar-refractivity contribution >= 4 is 63.1 Å². The van der Waals surface area contributed by atoms with Crippen LogP contribution in [0.3, 0.4) is 0 Å². The van der Waals surface area contributed by atoms with Gasteiger partial charge >= 0.3 is 19.1 Å². The van der Waals surface area contributed by atoms with Gasteiger partial charge in [-0.3, -0.25) is 9.97 Å². The van der Waals surface area contributed by atoms with E-state index in [9.17, 15) is 9.59 Å².